The number of fused-ring (bicyclic) bond motifs is 2. The van der Waals surface area contributed by atoms with Gasteiger partial charge in [-0.25, -0.2) is 4.79 Å². The van der Waals surface area contributed by atoms with Crippen LogP contribution in [0.25, 0.3) is 0 Å². The lowest BCUT2D eigenvalue weighted by Crippen LogP contribution is -2.77. The Morgan fingerprint density at radius 3 is 2.40 bits per heavy atom. The van der Waals surface area contributed by atoms with Crippen LogP contribution < -0.4 is 0 Å². The molecule has 7 bridgehead atoms. The van der Waals surface area contributed by atoms with Crippen molar-refractivity contribution in [3.05, 3.63) is 35.9 Å². The minimum Gasteiger partial charge on any atom is -0.458 e. The van der Waals surface area contributed by atoms with E-state index in [2.05, 4.69) is 11.8 Å². The molecule has 43 heavy (non-hydrogen) atoms. The van der Waals surface area contributed by atoms with Gasteiger partial charge in [0.05, 0.1) is 30.5 Å². The zero-order valence-electron chi connectivity index (χ0n) is 26.3. The van der Waals surface area contributed by atoms with Crippen LogP contribution in [0.3, 0.4) is 0 Å². The highest BCUT2D eigenvalue weighted by molar-refractivity contribution is 5.89. The lowest BCUT2D eigenvalue weighted by molar-refractivity contribution is -0.280. The Kier molecular flexibility index (Phi) is 7.25. The van der Waals surface area contributed by atoms with Gasteiger partial charge in [0.1, 0.15) is 11.7 Å². The molecule has 7 rings (SSSR count). The second-order valence-corrected chi connectivity index (χ2v) is 14.1. The highest BCUT2D eigenvalue weighted by Crippen LogP contribution is 2.80. The second kappa shape index (κ2) is 10.5. The van der Waals surface area contributed by atoms with Crippen molar-refractivity contribution in [1.29, 1.82) is 0 Å². The van der Waals surface area contributed by atoms with Gasteiger partial charge >= 0.3 is 11.9 Å². The molecule has 6 aliphatic rings. The lowest BCUT2D eigenvalue weighted by Gasteiger charge is -2.69. The van der Waals surface area contributed by atoms with Gasteiger partial charge in [0.25, 0.3) is 0 Å². The van der Waals surface area contributed by atoms with Crippen LogP contribution >= 0.6 is 0 Å². The van der Waals surface area contributed by atoms with E-state index in [4.69, 9.17) is 28.4 Å². The molecule has 1 spiro atoms. The van der Waals surface area contributed by atoms with Gasteiger partial charge in [-0.15, -0.1) is 0 Å². The quantitative estimate of drug-likeness (QED) is 0.396. The van der Waals surface area contributed by atoms with Crippen molar-refractivity contribution in [1.82, 2.24) is 4.90 Å². The van der Waals surface area contributed by atoms with Crippen LogP contribution in [-0.4, -0.2) is 101 Å². The van der Waals surface area contributed by atoms with E-state index in [9.17, 15) is 9.59 Å². The maximum atomic E-state index is 13.7. The van der Waals surface area contributed by atoms with Crippen LogP contribution in [0, 0.1) is 40.4 Å². The number of hydrogen-bond acceptors (Lipinski definition) is 9. The molecule has 0 amide bonds. The van der Waals surface area contributed by atoms with Gasteiger partial charge in [0.2, 0.25) is 0 Å². The molecule has 9 nitrogen and oxygen atoms in total. The first-order valence-corrected chi connectivity index (χ1v) is 16.0. The smallest absolute Gasteiger partial charge is 0.338 e. The predicted molar refractivity (Wildman–Crippen MR) is 156 cm³/mol. The van der Waals surface area contributed by atoms with Crippen LogP contribution in [0.15, 0.2) is 30.3 Å². The molecule has 1 aromatic carbocycles. The van der Waals surface area contributed by atoms with Gasteiger partial charge in [-0.3, -0.25) is 9.69 Å². The standard InChI is InChI=1S/C34H47NO8/c1-7-35-17-32(18-38-3)14-13-24(40-5)34-22-15-21-23(39-4)16-33(43-19(2)36,26(30(34)35)28(41-6)29(32)34)25(22)27(21)42-31(37)20-11-9-8-10-12-20/h8-12,21-30H,7,13-18H2,1-6H3/t21-,22-,23+,24+,25-,26+,27+,28+,29-,30?,32+,33-,34?/m1/s1. The van der Waals surface area contributed by atoms with Crippen molar-refractivity contribution in [2.75, 3.05) is 48.1 Å². The summed E-state index contributed by atoms with van der Waals surface area (Å²) in [5.74, 6) is -0.797. The first kappa shape index (κ1) is 29.7. The van der Waals surface area contributed by atoms with Crippen LogP contribution in [0.2, 0.25) is 0 Å². The molecule has 1 aliphatic heterocycles. The van der Waals surface area contributed by atoms with E-state index in [1.165, 1.54) is 6.92 Å². The molecule has 2 unspecified atom stereocenters. The van der Waals surface area contributed by atoms with Crippen LogP contribution in [0.4, 0.5) is 0 Å². The normalized spacial score (nSPS) is 47.3. The summed E-state index contributed by atoms with van der Waals surface area (Å²) in [5.41, 5.74) is -0.816. The average molecular weight is 598 g/mol. The van der Waals surface area contributed by atoms with E-state index in [0.717, 1.165) is 32.4 Å². The summed E-state index contributed by atoms with van der Waals surface area (Å²) in [6.45, 7) is 6.16. The number of likely N-dealkylation sites (tertiary alicyclic amines) is 1. The third-order valence-electron chi connectivity index (χ3n) is 12.9. The van der Waals surface area contributed by atoms with Crippen molar-refractivity contribution in [3.8, 4) is 0 Å². The Bertz CT molecular complexity index is 1240. The van der Waals surface area contributed by atoms with Crippen molar-refractivity contribution in [3.63, 3.8) is 0 Å². The van der Waals surface area contributed by atoms with E-state index in [-0.39, 0.29) is 76.7 Å². The molecule has 13 atom stereocenters. The van der Waals surface area contributed by atoms with Gasteiger partial charge in [0.15, 0.2) is 0 Å². The number of hydrogen-bond donors (Lipinski definition) is 0. The van der Waals surface area contributed by atoms with Crippen LogP contribution in [0.5, 0.6) is 0 Å². The fourth-order valence-electron chi connectivity index (χ4n) is 12.3. The summed E-state index contributed by atoms with van der Waals surface area (Å²) in [6.07, 6.45) is 2.42. The van der Waals surface area contributed by atoms with Crippen molar-refractivity contribution in [2.24, 2.45) is 40.4 Å². The summed E-state index contributed by atoms with van der Waals surface area (Å²) in [7, 11) is 7.20. The van der Waals surface area contributed by atoms with Crippen LogP contribution in [0.1, 0.15) is 49.9 Å². The molecule has 236 valence electrons. The minimum atomic E-state index is -0.922. The molecule has 0 N–H and O–H groups in total. The maximum absolute atomic E-state index is 13.7. The maximum Gasteiger partial charge on any atom is 0.338 e. The van der Waals surface area contributed by atoms with E-state index in [1.807, 2.05) is 32.4 Å². The number of ether oxygens (including phenoxy) is 6. The molecule has 5 saturated carbocycles. The first-order valence-electron chi connectivity index (χ1n) is 16.0. The third-order valence-corrected chi connectivity index (χ3v) is 12.9. The Balaban J connectivity index is 1.46. The number of carbonyl (C=O) groups is 2. The molecule has 1 saturated heterocycles. The Morgan fingerprint density at radius 2 is 1.77 bits per heavy atom. The molecule has 1 heterocycles. The number of rotatable bonds is 9. The van der Waals surface area contributed by atoms with E-state index in [0.29, 0.717) is 18.6 Å². The number of esters is 2. The molecule has 5 aliphatic carbocycles. The van der Waals surface area contributed by atoms with Gasteiger partial charge in [0, 0.05) is 88.9 Å². The third kappa shape index (κ3) is 3.69. The fourth-order valence-corrected chi connectivity index (χ4v) is 12.3. The molecular formula is C34H47NO8. The summed E-state index contributed by atoms with van der Waals surface area (Å²) >= 11 is 0. The molecule has 1 aromatic rings. The number of benzene rings is 1. The number of piperidine rings is 1. The molecular weight excluding hydrogens is 550 g/mol. The van der Waals surface area contributed by atoms with Gasteiger partial charge < -0.3 is 28.4 Å². The van der Waals surface area contributed by atoms with Gasteiger partial charge in [-0.05, 0) is 43.9 Å². The van der Waals surface area contributed by atoms with Gasteiger partial charge in [-0.1, -0.05) is 25.1 Å². The van der Waals surface area contributed by atoms with Gasteiger partial charge in [-0.2, -0.15) is 0 Å². The summed E-state index contributed by atoms with van der Waals surface area (Å²) in [6, 6.07) is 9.26. The average Bonchev–Trinajstić information content (AvgIpc) is 3.43. The van der Waals surface area contributed by atoms with Crippen molar-refractivity contribution < 1.29 is 38.0 Å². The SMILES string of the molecule is CCN1C[C@]2(COC)CC[C@H](OC)C34C1[C@H]([C@H](OC)[C@@H]32)[C@@]1(OC(C)=O)C[C@H](OC)[C@H]2C[C@@H]4[C@@H]1[C@H]2OC(=O)c1ccccc1. The zero-order valence-corrected chi connectivity index (χ0v) is 26.3. The fraction of sp³-hybridized carbons (Fsp3) is 0.765. The zero-order chi connectivity index (χ0) is 30.3. The van der Waals surface area contributed by atoms with E-state index < -0.39 is 11.7 Å². The summed E-state index contributed by atoms with van der Waals surface area (Å²) in [5, 5.41) is 0. The van der Waals surface area contributed by atoms with Crippen molar-refractivity contribution >= 4 is 11.9 Å². The topological polar surface area (TPSA) is 92.8 Å². The number of nitrogens with zero attached hydrogens (tertiary/aromatic N) is 1. The van der Waals surface area contributed by atoms with E-state index >= 15 is 0 Å². The monoisotopic (exact) mass is 597 g/mol. The molecule has 0 aromatic heterocycles. The Morgan fingerprint density at radius 1 is 1.00 bits per heavy atom. The Hall–Kier alpha value is -2.04. The molecule has 0 radical (unpaired) electrons. The van der Waals surface area contributed by atoms with Crippen molar-refractivity contribution in [2.45, 2.75) is 75.6 Å². The number of methoxy groups -OCH3 is 4. The first-order chi connectivity index (χ1) is 20.8. The Labute approximate surface area is 254 Å². The molecule has 6 fully saturated rings. The predicted octanol–water partition coefficient (Wildman–Crippen LogP) is 3.59. The largest absolute Gasteiger partial charge is 0.458 e. The number of carbonyl (C=O) groups excluding carboxylic acids is 2. The minimum absolute atomic E-state index is 0.00405. The summed E-state index contributed by atoms with van der Waals surface area (Å²) in [4.78, 5) is 29.5. The summed E-state index contributed by atoms with van der Waals surface area (Å²) < 4.78 is 38.7. The molecule has 9 heteroatoms. The lowest BCUT2D eigenvalue weighted by atomic mass is 9.43. The van der Waals surface area contributed by atoms with Crippen LogP contribution in [-0.2, 0) is 33.2 Å². The highest BCUT2D eigenvalue weighted by atomic mass is 16.6. The highest BCUT2D eigenvalue weighted by Gasteiger charge is 2.88. The van der Waals surface area contributed by atoms with E-state index in [1.54, 1.807) is 26.4 Å². The second-order valence-electron chi connectivity index (χ2n) is 14.1.